The Morgan fingerprint density at radius 2 is 1.63 bits per heavy atom. The minimum Gasteiger partial charge on any atom is -0.459 e. The molecule has 3 fully saturated rings. The molecule has 1 aromatic rings. The summed E-state index contributed by atoms with van der Waals surface area (Å²) in [5.41, 5.74) is 16.3. The van der Waals surface area contributed by atoms with E-state index >= 15 is 0 Å². The van der Waals surface area contributed by atoms with Gasteiger partial charge in [0.1, 0.15) is 42.6 Å². The standard InChI is InChI=1S/C53H81N9O14/c1-31(2)47(60-44(64)13-9-8-10-24-54)50(69)59-40(12-11-25-56-51(55)70)49(68)57-38-19-17-37(18-20-38)29-72-52(71)62-61-46(66)27-39-28-53(30-73-53)48(67)43(76-39)22-15-32(3)14-21-42-33(4)26-41(35(6)75-42)58-45(65)23-16-34(5)74-36(7)63/h14-20,22-23,31,33-35,39-43,47-48,67H,8-13,21,24-30,54H2,1-7H3,(H,57,68)(H,58,65)(H,59,69)(H,60,64)(H,61,66)(H,62,71)(H3,55,56,70). The van der Waals surface area contributed by atoms with Gasteiger partial charge in [0, 0.05) is 38.1 Å². The number of hydrogen-bond donors (Lipinski definition) is 10. The molecule has 76 heavy (non-hydrogen) atoms. The number of esters is 1. The topological polar surface area (TPSA) is 342 Å². The second kappa shape index (κ2) is 31.0. The van der Waals surface area contributed by atoms with Crippen molar-refractivity contribution in [1.29, 1.82) is 0 Å². The maximum absolute atomic E-state index is 13.5. The molecule has 3 heterocycles. The first-order valence-corrected chi connectivity index (χ1v) is 26.2. The van der Waals surface area contributed by atoms with Gasteiger partial charge in [0.25, 0.3) is 0 Å². The van der Waals surface area contributed by atoms with Crippen molar-refractivity contribution in [3.63, 3.8) is 0 Å². The van der Waals surface area contributed by atoms with Crippen molar-refractivity contribution in [2.75, 3.05) is 25.0 Å². The van der Waals surface area contributed by atoms with Gasteiger partial charge in [0.05, 0.1) is 37.4 Å². The maximum atomic E-state index is 13.5. The Hall–Kier alpha value is -6.40. The van der Waals surface area contributed by atoms with E-state index in [0.29, 0.717) is 50.1 Å². The molecule has 1 aromatic carbocycles. The Labute approximate surface area is 445 Å². The zero-order valence-electron chi connectivity index (χ0n) is 44.9. The molecule has 8 amide bonds. The third kappa shape index (κ3) is 21.7. The molecule has 0 aliphatic carbocycles. The molecule has 23 heteroatoms. The van der Waals surface area contributed by atoms with Crippen molar-refractivity contribution in [2.24, 2.45) is 23.3 Å². The fourth-order valence-corrected chi connectivity index (χ4v) is 8.80. The van der Waals surface area contributed by atoms with Crippen LogP contribution in [0.25, 0.3) is 0 Å². The second-order valence-corrected chi connectivity index (χ2v) is 20.2. The van der Waals surface area contributed by atoms with Gasteiger partial charge in [-0.1, -0.05) is 63.1 Å². The number of epoxide rings is 1. The molecule has 1 spiro atoms. The number of carbonyl (C=O) groups excluding carboxylic acids is 8. The van der Waals surface area contributed by atoms with Crippen LogP contribution < -0.4 is 48.9 Å². The van der Waals surface area contributed by atoms with Crippen LogP contribution in [0, 0.1) is 11.8 Å². The Bertz CT molecular complexity index is 2220. The molecule has 11 unspecified atom stereocenters. The number of carbonyl (C=O) groups is 8. The average molecular weight is 1070 g/mol. The van der Waals surface area contributed by atoms with E-state index in [1.54, 1.807) is 51.1 Å². The van der Waals surface area contributed by atoms with E-state index in [1.807, 2.05) is 26.0 Å². The summed E-state index contributed by atoms with van der Waals surface area (Å²) in [6.45, 7) is 13.3. The van der Waals surface area contributed by atoms with Crippen molar-refractivity contribution < 1.29 is 67.1 Å². The number of hydrogen-bond acceptors (Lipinski definition) is 15. The number of primary amides is 1. The van der Waals surface area contributed by atoms with Crippen LogP contribution in [0.5, 0.6) is 0 Å². The predicted octanol–water partition coefficient (Wildman–Crippen LogP) is 2.85. The molecule has 11 atom stereocenters. The van der Waals surface area contributed by atoms with Gasteiger partial charge in [-0.15, -0.1) is 0 Å². The number of allylic oxidation sites excluding steroid dienone is 2. The van der Waals surface area contributed by atoms with Crippen LogP contribution >= 0.6 is 0 Å². The quantitative estimate of drug-likeness (QED) is 0.0151. The number of nitrogens with two attached hydrogens (primary N) is 2. The molecule has 0 saturated carbocycles. The molecular weight excluding hydrogens is 987 g/mol. The van der Waals surface area contributed by atoms with Crippen molar-refractivity contribution in [1.82, 2.24) is 32.1 Å². The van der Waals surface area contributed by atoms with Gasteiger partial charge in [-0.3, -0.25) is 34.2 Å². The average Bonchev–Trinajstić information content (AvgIpc) is 4.14. The molecule has 3 saturated heterocycles. The van der Waals surface area contributed by atoms with Crippen molar-refractivity contribution >= 4 is 53.3 Å². The third-order valence-electron chi connectivity index (χ3n) is 13.2. The molecule has 3 aliphatic rings. The van der Waals surface area contributed by atoms with Crippen LogP contribution in [0.1, 0.15) is 118 Å². The number of hydrazine groups is 1. The number of amides is 8. The first kappa shape index (κ1) is 62.1. The maximum Gasteiger partial charge on any atom is 0.426 e. The van der Waals surface area contributed by atoms with E-state index in [9.17, 15) is 43.5 Å². The Morgan fingerprint density at radius 1 is 0.908 bits per heavy atom. The Balaban J connectivity index is 1.22. The van der Waals surface area contributed by atoms with E-state index in [0.717, 1.165) is 18.4 Å². The number of urea groups is 1. The van der Waals surface area contributed by atoms with Crippen LogP contribution in [0.3, 0.4) is 0 Å². The number of benzene rings is 1. The molecule has 23 nitrogen and oxygen atoms in total. The van der Waals surface area contributed by atoms with Crippen molar-refractivity contribution in [3.8, 4) is 0 Å². The van der Waals surface area contributed by atoms with Gasteiger partial charge in [-0.05, 0) is 101 Å². The highest BCUT2D eigenvalue weighted by atomic mass is 16.6. The van der Waals surface area contributed by atoms with Crippen LogP contribution in [0.4, 0.5) is 15.3 Å². The third-order valence-corrected chi connectivity index (χ3v) is 13.2. The molecule has 422 valence electrons. The molecule has 3 aliphatic heterocycles. The monoisotopic (exact) mass is 1070 g/mol. The zero-order chi connectivity index (χ0) is 56.0. The van der Waals surface area contributed by atoms with E-state index in [2.05, 4.69) is 44.4 Å². The number of anilines is 1. The summed E-state index contributed by atoms with van der Waals surface area (Å²) in [5.74, 6) is -2.80. The molecular formula is C53H81N9O14. The van der Waals surface area contributed by atoms with Gasteiger partial charge in [0.2, 0.25) is 29.5 Å². The summed E-state index contributed by atoms with van der Waals surface area (Å²) in [6.07, 6.45) is 8.63. The minimum atomic E-state index is -1.04. The van der Waals surface area contributed by atoms with Gasteiger partial charge < -0.3 is 66.8 Å². The lowest BCUT2D eigenvalue weighted by atomic mass is 9.87. The SMILES string of the molecule is CC(=O)OC(C)C=CC(=O)NC1CC(C)C(CC=C(C)C=CC2OC(CC(=O)NNC(=O)OCc3ccc(NC(=O)C(CCCNC(N)=O)NC(=O)C(NC(=O)CCCCCN)C(C)C)cc3)CC3(CO3)C2O)OC1C. The number of rotatable bonds is 27. The lowest BCUT2D eigenvalue weighted by Crippen LogP contribution is -2.54. The molecule has 0 radical (unpaired) electrons. The summed E-state index contributed by atoms with van der Waals surface area (Å²) in [4.78, 5) is 100. The smallest absolute Gasteiger partial charge is 0.426 e. The normalized spacial score (nSPS) is 24.4. The predicted molar refractivity (Wildman–Crippen MR) is 280 cm³/mol. The minimum absolute atomic E-state index is 0.0942. The van der Waals surface area contributed by atoms with Crippen LogP contribution in [-0.4, -0.2) is 133 Å². The summed E-state index contributed by atoms with van der Waals surface area (Å²) in [7, 11) is 0. The van der Waals surface area contributed by atoms with E-state index < -0.39 is 77.9 Å². The molecule has 0 bridgehead atoms. The summed E-state index contributed by atoms with van der Waals surface area (Å²) < 4.78 is 28.4. The highest BCUT2D eigenvalue weighted by molar-refractivity contribution is 5.98. The van der Waals surface area contributed by atoms with Gasteiger partial charge >= 0.3 is 18.1 Å². The van der Waals surface area contributed by atoms with Crippen LogP contribution in [0.15, 0.2) is 60.2 Å². The molecule has 12 N–H and O–H groups in total. The number of aliphatic hydroxyl groups excluding tert-OH is 1. The summed E-state index contributed by atoms with van der Waals surface area (Å²) in [6, 6.07) is 3.53. The van der Waals surface area contributed by atoms with Gasteiger partial charge in [0.15, 0.2) is 0 Å². The van der Waals surface area contributed by atoms with Crippen molar-refractivity contribution in [3.05, 3.63) is 65.8 Å². The lowest BCUT2D eigenvalue weighted by Gasteiger charge is -2.39. The highest BCUT2D eigenvalue weighted by Gasteiger charge is 2.58. The largest absolute Gasteiger partial charge is 0.459 e. The number of aliphatic hydroxyl groups is 1. The Kier molecular flexibility index (Phi) is 25.3. The fraction of sp³-hybridized carbons (Fsp3) is 0.623. The van der Waals surface area contributed by atoms with E-state index in [-0.39, 0.29) is 80.7 Å². The highest BCUT2D eigenvalue weighted by Crippen LogP contribution is 2.43. The fourth-order valence-electron chi connectivity index (χ4n) is 8.80. The first-order chi connectivity index (χ1) is 36.1. The molecule has 4 rings (SSSR count). The number of nitrogens with one attached hydrogen (secondary N) is 7. The van der Waals surface area contributed by atoms with Crippen LogP contribution in [-0.2, 0) is 59.1 Å². The Morgan fingerprint density at radius 3 is 2.29 bits per heavy atom. The summed E-state index contributed by atoms with van der Waals surface area (Å²) >= 11 is 0. The van der Waals surface area contributed by atoms with E-state index in [1.165, 1.54) is 19.1 Å². The van der Waals surface area contributed by atoms with Crippen LogP contribution in [0.2, 0.25) is 0 Å². The van der Waals surface area contributed by atoms with E-state index in [4.69, 9.17) is 35.2 Å². The molecule has 0 aromatic heterocycles. The second-order valence-electron chi connectivity index (χ2n) is 20.2. The zero-order valence-corrected chi connectivity index (χ0v) is 44.9. The van der Waals surface area contributed by atoms with Gasteiger partial charge in [-0.2, -0.15) is 0 Å². The summed E-state index contributed by atoms with van der Waals surface area (Å²) in [5, 5.41) is 24.9. The van der Waals surface area contributed by atoms with Crippen molar-refractivity contribution in [2.45, 2.75) is 180 Å². The number of ether oxygens (including phenoxy) is 5. The van der Waals surface area contributed by atoms with Gasteiger partial charge in [-0.25, -0.2) is 15.0 Å². The number of unbranched alkanes of at least 4 members (excludes halogenated alkanes) is 2. The first-order valence-electron chi connectivity index (χ1n) is 26.2. The lowest BCUT2D eigenvalue weighted by molar-refractivity contribution is -0.146.